The van der Waals surface area contributed by atoms with Crippen molar-refractivity contribution in [3.05, 3.63) is 29.8 Å². The van der Waals surface area contributed by atoms with Gasteiger partial charge in [-0.05, 0) is 30.7 Å². The van der Waals surface area contributed by atoms with Crippen LogP contribution in [-0.2, 0) is 14.6 Å². The number of carbonyl (C=O) groups excluding carboxylic acids is 1. The number of anilines is 1. The number of rotatable bonds is 2. The second-order valence-corrected chi connectivity index (χ2v) is 6.90. The lowest BCUT2D eigenvalue weighted by Crippen LogP contribution is -2.23. The maximum Gasteiger partial charge on any atom is 0.228 e. The predicted octanol–water partition coefficient (Wildman–Crippen LogP) is 0.370. The summed E-state index contributed by atoms with van der Waals surface area (Å²) in [6, 6.07) is 7.04. The number of amides is 1. The Balaban J connectivity index is 1.98. The van der Waals surface area contributed by atoms with Gasteiger partial charge in [-0.2, -0.15) is 0 Å². The van der Waals surface area contributed by atoms with Gasteiger partial charge in [0.1, 0.15) is 0 Å². The highest BCUT2D eigenvalue weighted by atomic mass is 32.2. The smallest absolute Gasteiger partial charge is 0.228 e. The van der Waals surface area contributed by atoms with Crippen LogP contribution in [0.2, 0.25) is 0 Å². The number of hydrogen-bond donors (Lipinski definition) is 2. The fraction of sp³-hybridized carbons (Fsp3) is 0.357. The molecule has 1 unspecified atom stereocenters. The van der Waals surface area contributed by atoms with E-state index in [1.807, 2.05) is 0 Å². The molecular weight excluding hydrogens is 276 g/mol. The molecule has 1 atom stereocenters. The van der Waals surface area contributed by atoms with E-state index in [0.717, 1.165) is 5.56 Å². The molecule has 0 radical (unpaired) electrons. The fourth-order valence-electron chi connectivity index (χ4n) is 2.04. The first-order valence-corrected chi connectivity index (χ1v) is 8.12. The molecule has 3 N–H and O–H groups in total. The summed E-state index contributed by atoms with van der Waals surface area (Å²) in [5.41, 5.74) is 6.74. The molecule has 106 valence electrons. The number of sulfone groups is 1. The van der Waals surface area contributed by atoms with Gasteiger partial charge in [0.05, 0.1) is 24.0 Å². The van der Waals surface area contributed by atoms with Crippen LogP contribution in [0.4, 0.5) is 5.69 Å². The number of benzene rings is 1. The number of nitrogens with two attached hydrogens (primary N) is 1. The van der Waals surface area contributed by atoms with Crippen LogP contribution in [-0.4, -0.2) is 32.4 Å². The van der Waals surface area contributed by atoms with E-state index in [-0.39, 0.29) is 17.4 Å². The Kier molecular flexibility index (Phi) is 4.42. The van der Waals surface area contributed by atoms with Gasteiger partial charge in [-0.15, -0.1) is 0 Å². The summed E-state index contributed by atoms with van der Waals surface area (Å²) < 4.78 is 22.7. The predicted molar refractivity (Wildman–Crippen MR) is 77.8 cm³/mol. The van der Waals surface area contributed by atoms with Gasteiger partial charge in [-0.25, -0.2) is 8.42 Å². The van der Waals surface area contributed by atoms with Crippen molar-refractivity contribution in [3.8, 4) is 11.8 Å². The minimum Gasteiger partial charge on any atom is -0.326 e. The molecule has 0 aliphatic carbocycles. The average molecular weight is 292 g/mol. The van der Waals surface area contributed by atoms with Crippen molar-refractivity contribution in [3.63, 3.8) is 0 Å². The first-order chi connectivity index (χ1) is 9.50. The van der Waals surface area contributed by atoms with Crippen LogP contribution in [0.25, 0.3) is 0 Å². The van der Waals surface area contributed by atoms with Crippen LogP contribution in [0.3, 0.4) is 0 Å². The van der Waals surface area contributed by atoms with E-state index in [2.05, 4.69) is 17.2 Å². The molecule has 1 aliphatic rings. The molecule has 0 aromatic heterocycles. The van der Waals surface area contributed by atoms with E-state index < -0.39 is 15.8 Å². The van der Waals surface area contributed by atoms with Gasteiger partial charge in [-0.1, -0.05) is 11.8 Å². The second-order valence-electron chi connectivity index (χ2n) is 4.67. The van der Waals surface area contributed by atoms with Crippen molar-refractivity contribution in [2.75, 3.05) is 23.4 Å². The molecule has 0 saturated carbocycles. The van der Waals surface area contributed by atoms with Gasteiger partial charge in [0, 0.05) is 11.3 Å². The number of hydrogen-bond acceptors (Lipinski definition) is 4. The summed E-state index contributed by atoms with van der Waals surface area (Å²) in [5, 5.41) is 2.73. The molecule has 1 saturated heterocycles. The molecule has 1 aliphatic heterocycles. The molecule has 1 aromatic rings. The summed E-state index contributed by atoms with van der Waals surface area (Å²) >= 11 is 0. The Morgan fingerprint density at radius 2 is 2.05 bits per heavy atom. The Labute approximate surface area is 118 Å². The molecule has 1 heterocycles. The van der Waals surface area contributed by atoms with Crippen LogP contribution in [0.1, 0.15) is 12.0 Å². The molecule has 0 spiro atoms. The lowest BCUT2D eigenvalue weighted by Gasteiger charge is -2.09. The zero-order valence-electron chi connectivity index (χ0n) is 10.9. The summed E-state index contributed by atoms with van der Waals surface area (Å²) in [6.45, 7) is 0.300. The van der Waals surface area contributed by atoms with Crippen LogP contribution in [0.5, 0.6) is 0 Å². The zero-order chi connectivity index (χ0) is 14.6. The molecular formula is C14H16N2O3S. The molecule has 2 rings (SSSR count). The van der Waals surface area contributed by atoms with E-state index >= 15 is 0 Å². The molecule has 0 bridgehead atoms. The molecule has 20 heavy (non-hydrogen) atoms. The Hall–Kier alpha value is -1.84. The minimum absolute atomic E-state index is 0.0567. The Bertz CT molecular complexity index is 654. The monoisotopic (exact) mass is 292 g/mol. The molecule has 1 amide bonds. The first-order valence-electron chi connectivity index (χ1n) is 6.30. The Morgan fingerprint density at radius 1 is 1.35 bits per heavy atom. The van der Waals surface area contributed by atoms with Crippen molar-refractivity contribution in [1.82, 2.24) is 0 Å². The number of nitrogens with one attached hydrogen (secondary N) is 1. The van der Waals surface area contributed by atoms with Crippen molar-refractivity contribution >= 4 is 21.4 Å². The lowest BCUT2D eigenvalue weighted by atomic mass is 10.1. The third kappa shape index (κ3) is 3.83. The topological polar surface area (TPSA) is 89.3 Å². The average Bonchev–Trinajstić information content (AvgIpc) is 2.78. The van der Waals surface area contributed by atoms with E-state index in [4.69, 9.17) is 5.73 Å². The van der Waals surface area contributed by atoms with E-state index in [1.165, 1.54) is 0 Å². The third-order valence-corrected chi connectivity index (χ3v) is 4.86. The van der Waals surface area contributed by atoms with Crippen molar-refractivity contribution < 1.29 is 13.2 Å². The summed E-state index contributed by atoms with van der Waals surface area (Å²) in [5.74, 6) is 4.97. The lowest BCUT2D eigenvalue weighted by molar-refractivity contribution is -0.119. The van der Waals surface area contributed by atoms with Crippen LogP contribution in [0.15, 0.2) is 24.3 Å². The van der Waals surface area contributed by atoms with Gasteiger partial charge >= 0.3 is 0 Å². The standard InChI is InChI=1S/C14H16N2O3S/c15-8-1-2-11-3-5-13(6-4-11)16-14(17)12-7-9-20(18,19)10-12/h3-6,12H,7-10,15H2,(H,16,17). The van der Waals surface area contributed by atoms with E-state index in [9.17, 15) is 13.2 Å². The third-order valence-electron chi connectivity index (χ3n) is 3.09. The highest BCUT2D eigenvalue weighted by Gasteiger charge is 2.32. The molecule has 6 heteroatoms. The Morgan fingerprint density at radius 3 is 2.60 bits per heavy atom. The summed E-state index contributed by atoms with van der Waals surface area (Å²) in [7, 11) is -3.04. The summed E-state index contributed by atoms with van der Waals surface area (Å²) in [4.78, 5) is 11.9. The van der Waals surface area contributed by atoms with Gasteiger partial charge in [-0.3, -0.25) is 4.79 Å². The van der Waals surface area contributed by atoms with Crippen LogP contribution in [0, 0.1) is 17.8 Å². The maximum absolute atomic E-state index is 11.9. The van der Waals surface area contributed by atoms with E-state index in [0.29, 0.717) is 18.7 Å². The normalized spacial score (nSPS) is 19.9. The van der Waals surface area contributed by atoms with Gasteiger partial charge in [0.2, 0.25) is 5.91 Å². The van der Waals surface area contributed by atoms with E-state index in [1.54, 1.807) is 24.3 Å². The van der Waals surface area contributed by atoms with Crippen LogP contribution >= 0.6 is 0 Å². The van der Waals surface area contributed by atoms with Gasteiger partial charge < -0.3 is 11.1 Å². The highest BCUT2D eigenvalue weighted by Crippen LogP contribution is 2.20. The maximum atomic E-state index is 11.9. The highest BCUT2D eigenvalue weighted by molar-refractivity contribution is 7.91. The van der Waals surface area contributed by atoms with Crippen molar-refractivity contribution in [2.45, 2.75) is 6.42 Å². The molecule has 1 fully saturated rings. The van der Waals surface area contributed by atoms with Gasteiger partial charge in [0.15, 0.2) is 9.84 Å². The SMILES string of the molecule is NCC#Cc1ccc(NC(=O)C2CCS(=O)(=O)C2)cc1. The molecule has 5 nitrogen and oxygen atoms in total. The minimum atomic E-state index is -3.04. The largest absolute Gasteiger partial charge is 0.326 e. The fourth-order valence-corrected chi connectivity index (χ4v) is 3.78. The van der Waals surface area contributed by atoms with Gasteiger partial charge in [0.25, 0.3) is 0 Å². The van der Waals surface area contributed by atoms with Crippen LogP contribution < -0.4 is 11.1 Å². The first kappa shape index (κ1) is 14.6. The summed E-state index contributed by atoms with van der Waals surface area (Å²) in [6.07, 6.45) is 0.397. The number of carbonyl (C=O) groups is 1. The quantitative estimate of drug-likeness (QED) is 0.771. The second kappa shape index (κ2) is 6.07. The molecule has 1 aromatic carbocycles. The zero-order valence-corrected chi connectivity index (χ0v) is 11.7. The van der Waals surface area contributed by atoms with Crippen molar-refractivity contribution in [2.24, 2.45) is 11.7 Å². The van der Waals surface area contributed by atoms with Crippen molar-refractivity contribution in [1.29, 1.82) is 0 Å².